The van der Waals surface area contributed by atoms with Crippen molar-refractivity contribution in [3.63, 3.8) is 0 Å². The summed E-state index contributed by atoms with van der Waals surface area (Å²) < 4.78 is 16.0. The van der Waals surface area contributed by atoms with E-state index in [-0.39, 0.29) is 0 Å². The number of hydrogen-bond donors (Lipinski definition) is 1. The Balaban J connectivity index is 2.51. The highest BCUT2D eigenvalue weighted by Crippen LogP contribution is 2.38. The third kappa shape index (κ3) is 1.52. The van der Waals surface area contributed by atoms with Crippen molar-refractivity contribution in [2.45, 2.75) is 38.4 Å². The molecule has 1 aliphatic carbocycles. The van der Waals surface area contributed by atoms with Gasteiger partial charge in [0, 0.05) is 6.04 Å². The summed E-state index contributed by atoms with van der Waals surface area (Å²) in [6.45, 7) is 2.99. The lowest BCUT2D eigenvalue weighted by atomic mass is 10.1. The van der Waals surface area contributed by atoms with E-state index in [9.17, 15) is 4.39 Å². The second-order valence-electron chi connectivity index (χ2n) is 3.93. The van der Waals surface area contributed by atoms with Gasteiger partial charge in [0.2, 0.25) is 0 Å². The van der Waals surface area contributed by atoms with E-state index in [2.05, 4.69) is 10.2 Å². The van der Waals surface area contributed by atoms with Crippen LogP contribution in [0, 0.1) is 4.77 Å². The maximum Gasteiger partial charge on any atom is 0.195 e. The first-order valence-corrected chi connectivity index (χ1v) is 4.77. The molecule has 1 aliphatic rings. The van der Waals surface area contributed by atoms with Gasteiger partial charge in [0.25, 0.3) is 0 Å². The fourth-order valence-electron chi connectivity index (χ4n) is 1.40. The predicted molar refractivity (Wildman–Crippen MR) is 49.8 cm³/mol. The van der Waals surface area contributed by atoms with Gasteiger partial charge < -0.3 is 0 Å². The molecule has 0 radical (unpaired) electrons. The second-order valence-corrected chi connectivity index (χ2v) is 4.31. The summed E-state index contributed by atoms with van der Waals surface area (Å²) in [4.78, 5) is 0. The Morgan fingerprint density at radius 3 is 2.69 bits per heavy atom. The molecule has 0 spiro atoms. The monoisotopic (exact) mass is 201 g/mol. The van der Waals surface area contributed by atoms with Gasteiger partial charge in [0.1, 0.15) is 0 Å². The number of halogens is 1. The number of rotatable bonds is 2. The van der Waals surface area contributed by atoms with Crippen molar-refractivity contribution in [1.29, 1.82) is 0 Å². The standard InChI is InChI=1S/C8H12FN3S/c1-8(2,9)6-10-11-7(13)12(6)5-3-4-5/h5H,3-4H2,1-2H3,(H,11,13). The first-order valence-electron chi connectivity index (χ1n) is 4.36. The van der Waals surface area contributed by atoms with E-state index in [1.54, 1.807) is 4.57 Å². The van der Waals surface area contributed by atoms with Crippen LogP contribution < -0.4 is 0 Å². The minimum atomic E-state index is -1.42. The average Bonchev–Trinajstić information content (AvgIpc) is 2.73. The highest BCUT2D eigenvalue weighted by atomic mass is 32.1. The average molecular weight is 201 g/mol. The molecule has 2 rings (SSSR count). The minimum Gasteiger partial charge on any atom is -0.298 e. The summed E-state index contributed by atoms with van der Waals surface area (Å²) in [6.07, 6.45) is 2.16. The summed E-state index contributed by atoms with van der Waals surface area (Å²) in [6, 6.07) is 0.372. The maximum absolute atomic E-state index is 13.6. The van der Waals surface area contributed by atoms with Crippen molar-refractivity contribution in [2.24, 2.45) is 0 Å². The molecule has 1 fully saturated rings. The Hall–Kier alpha value is -0.710. The van der Waals surface area contributed by atoms with Crippen LogP contribution in [0.2, 0.25) is 0 Å². The quantitative estimate of drug-likeness (QED) is 0.746. The van der Waals surface area contributed by atoms with Crippen LogP contribution in [0.15, 0.2) is 0 Å². The van der Waals surface area contributed by atoms with E-state index >= 15 is 0 Å². The molecule has 13 heavy (non-hydrogen) atoms. The molecule has 0 aromatic carbocycles. The largest absolute Gasteiger partial charge is 0.298 e. The van der Waals surface area contributed by atoms with Crippen molar-refractivity contribution in [2.75, 3.05) is 0 Å². The lowest BCUT2D eigenvalue weighted by Gasteiger charge is -2.14. The number of nitrogens with one attached hydrogen (secondary N) is 1. The van der Waals surface area contributed by atoms with Crippen LogP contribution in [0.25, 0.3) is 0 Å². The number of alkyl halides is 1. The molecule has 1 aromatic heterocycles. The molecule has 3 nitrogen and oxygen atoms in total. The third-order valence-electron chi connectivity index (χ3n) is 2.15. The first-order chi connectivity index (χ1) is 6.00. The van der Waals surface area contributed by atoms with E-state index < -0.39 is 5.67 Å². The number of nitrogens with zero attached hydrogens (tertiary/aromatic N) is 2. The minimum absolute atomic E-state index is 0.372. The van der Waals surface area contributed by atoms with Crippen molar-refractivity contribution >= 4 is 12.2 Å². The summed E-state index contributed by atoms with van der Waals surface area (Å²) in [5, 5.41) is 6.56. The SMILES string of the molecule is CC(C)(F)c1n[nH]c(=S)n1C1CC1. The summed E-state index contributed by atoms with van der Waals surface area (Å²) in [5.74, 6) is 0.417. The van der Waals surface area contributed by atoms with Gasteiger partial charge in [-0.15, -0.1) is 0 Å². The van der Waals surface area contributed by atoms with Gasteiger partial charge in [0.15, 0.2) is 16.3 Å². The molecule has 5 heteroatoms. The van der Waals surface area contributed by atoms with Crippen molar-refractivity contribution in [3.8, 4) is 0 Å². The van der Waals surface area contributed by atoms with Gasteiger partial charge >= 0.3 is 0 Å². The number of aromatic nitrogens is 3. The van der Waals surface area contributed by atoms with Crippen LogP contribution in [0.4, 0.5) is 4.39 Å². The third-order valence-corrected chi connectivity index (χ3v) is 2.44. The molecule has 72 valence electrons. The van der Waals surface area contributed by atoms with Gasteiger partial charge in [-0.2, -0.15) is 5.10 Å². The molecule has 1 saturated carbocycles. The Morgan fingerprint density at radius 1 is 1.62 bits per heavy atom. The zero-order chi connectivity index (χ0) is 9.64. The predicted octanol–water partition coefficient (Wildman–Crippen LogP) is 2.48. The van der Waals surface area contributed by atoms with E-state index in [0.717, 1.165) is 12.8 Å². The Bertz CT molecular complexity index is 369. The first kappa shape index (κ1) is 8.87. The molecule has 0 aliphatic heterocycles. The van der Waals surface area contributed by atoms with E-state index in [1.165, 1.54) is 13.8 Å². The van der Waals surface area contributed by atoms with Gasteiger partial charge in [-0.3, -0.25) is 9.67 Å². The fourth-order valence-corrected chi connectivity index (χ4v) is 1.68. The number of hydrogen-bond acceptors (Lipinski definition) is 2. The zero-order valence-electron chi connectivity index (χ0n) is 7.67. The van der Waals surface area contributed by atoms with E-state index in [0.29, 0.717) is 16.6 Å². The summed E-state index contributed by atoms with van der Waals surface area (Å²) >= 11 is 5.04. The molecule has 0 bridgehead atoms. The fraction of sp³-hybridized carbons (Fsp3) is 0.750. The molecule has 0 unspecified atom stereocenters. The van der Waals surface area contributed by atoms with Gasteiger partial charge in [-0.05, 0) is 38.9 Å². The van der Waals surface area contributed by atoms with E-state index in [1.807, 2.05) is 0 Å². The van der Waals surface area contributed by atoms with E-state index in [4.69, 9.17) is 12.2 Å². The number of aromatic amines is 1. The molecular weight excluding hydrogens is 189 g/mol. The molecule has 0 atom stereocenters. The topological polar surface area (TPSA) is 33.6 Å². The smallest absolute Gasteiger partial charge is 0.195 e. The zero-order valence-corrected chi connectivity index (χ0v) is 8.49. The van der Waals surface area contributed by atoms with Crippen LogP contribution in [0.3, 0.4) is 0 Å². The lowest BCUT2D eigenvalue weighted by molar-refractivity contribution is 0.198. The van der Waals surface area contributed by atoms with Gasteiger partial charge in [0.05, 0.1) is 0 Å². The lowest BCUT2D eigenvalue weighted by Crippen LogP contribution is -2.17. The van der Waals surface area contributed by atoms with Crippen LogP contribution in [-0.4, -0.2) is 14.8 Å². The second kappa shape index (κ2) is 2.64. The van der Waals surface area contributed by atoms with Crippen LogP contribution in [-0.2, 0) is 5.67 Å². The van der Waals surface area contributed by atoms with Crippen molar-refractivity contribution in [3.05, 3.63) is 10.6 Å². The normalized spacial score (nSPS) is 17.8. The Morgan fingerprint density at radius 2 is 2.23 bits per heavy atom. The van der Waals surface area contributed by atoms with Crippen LogP contribution in [0.1, 0.15) is 38.6 Å². The van der Waals surface area contributed by atoms with Crippen LogP contribution in [0.5, 0.6) is 0 Å². The highest BCUT2D eigenvalue weighted by Gasteiger charge is 2.33. The maximum atomic E-state index is 13.6. The molecule has 1 aromatic rings. The molecular formula is C8H12FN3S. The van der Waals surface area contributed by atoms with Crippen molar-refractivity contribution in [1.82, 2.24) is 14.8 Å². The van der Waals surface area contributed by atoms with Gasteiger partial charge in [-0.25, -0.2) is 4.39 Å². The Labute approximate surface area is 81.0 Å². The summed E-state index contributed by atoms with van der Waals surface area (Å²) in [5.41, 5.74) is -1.42. The Kier molecular flexibility index (Phi) is 1.80. The molecule has 1 N–H and O–H groups in total. The molecule has 0 saturated heterocycles. The molecule has 1 heterocycles. The molecule has 0 amide bonds. The van der Waals surface area contributed by atoms with Crippen molar-refractivity contribution < 1.29 is 4.39 Å². The van der Waals surface area contributed by atoms with Gasteiger partial charge in [-0.1, -0.05) is 0 Å². The number of H-pyrrole nitrogens is 1. The van der Waals surface area contributed by atoms with Crippen LogP contribution >= 0.6 is 12.2 Å². The highest BCUT2D eigenvalue weighted by molar-refractivity contribution is 7.71. The summed E-state index contributed by atoms with van der Waals surface area (Å²) in [7, 11) is 0.